The number of sulfonamides is 1. The number of nitrogens with two attached hydrogens (primary N) is 1. The molecule has 1 aromatic heterocycles. The quantitative estimate of drug-likeness (QED) is 0.572. The molecule has 1 saturated heterocycles. The van der Waals surface area contributed by atoms with E-state index in [2.05, 4.69) is 0 Å². The zero-order chi connectivity index (χ0) is 22.5. The van der Waals surface area contributed by atoms with Crippen molar-refractivity contribution in [3.8, 4) is 21.7 Å². The number of amides is 1. The van der Waals surface area contributed by atoms with E-state index < -0.39 is 10.0 Å². The number of nitrogens with zero attached hydrogens (tertiary/aromatic N) is 2. The van der Waals surface area contributed by atoms with Crippen LogP contribution in [0.5, 0.6) is 0 Å². The standard InChI is InChI=1S/C23H22ClN3O3S2/c24-17-6-2-15(3-7-17)19-20(16-4-8-18(9-5-16)32(25,29)30)31-21(26-19)22(28)27-13-1-10-23(14-27)11-12-23/h2-9H,1,10-14H2,(H2,25,29,30). The molecular weight excluding hydrogens is 466 g/mol. The monoisotopic (exact) mass is 487 g/mol. The second-order valence-corrected chi connectivity index (χ2v) is 11.6. The Balaban J connectivity index is 1.55. The van der Waals surface area contributed by atoms with E-state index in [9.17, 15) is 13.2 Å². The van der Waals surface area contributed by atoms with Crippen molar-refractivity contribution in [2.75, 3.05) is 13.1 Å². The third-order valence-corrected chi connectivity index (χ3v) is 8.55. The van der Waals surface area contributed by atoms with Gasteiger partial charge in [-0.15, -0.1) is 11.3 Å². The molecule has 2 aliphatic rings. The van der Waals surface area contributed by atoms with Gasteiger partial charge >= 0.3 is 0 Å². The summed E-state index contributed by atoms with van der Waals surface area (Å²) in [6.07, 6.45) is 4.63. The van der Waals surface area contributed by atoms with Gasteiger partial charge in [0.2, 0.25) is 10.0 Å². The highest BCUT2D eigenvalue weighted by Gasteiger charge is 2.46. The van der Waals surface area contributed by atoms with Crippen LogP contribution in [-0.2, 0) is 10.0 Å². The topological polar surface area (TPSA) is 93.4 Å². The molecule has 0 bridgehead atoms. The predicted molar refractivity (Wildman–Crippen MR) is 126 cm³/mol. The first-order chi connectivity index (χ1) is 15.2. The summed E-state index contributed by atoms with van der Waals surface area (Å²) in [4.78, 5) is 20.9. The van der Waals surface area contributed by atoms with Gasteiger partial charge in [0.15, 0.2) is 5.01 Å². The van der Waals surface area contributed by atoms with Gasteiger partial charge in [0.05, 0.1) is 15.5 Å². The van der Waals surface area contributed by atoms with Gasteiger partial charge in [0.1, 0.15) is 0 Å². The van der Waals surface area contributed by atoms with Crippen molar-refractivity contribution < 1.29 is 13.2 Å². The van der Waals surface area contributed by atoms with Crippen LogP contribution in [-0.4, -0.2) is 37.3 Å². The van der Waals surface area contributed by atoms with Gasteiger partial charge in [-0.3, -0.25) is 4.79 Å². The largest absolute Gasteiger partial charge is 0.336 e. The molecule has 3 aromatic rings. The first-order valence-corrected chi connectivity index (χ1v) is 13.2. The lowest BCUT2D eigenvalue weighted by Gasteiger charge is -2.32. The highest BCUT2D eigenvalue weighted by molar-refractivity contribution is 7.89. The van der Waals surface area contributed by atoms with Crippen molar-refractivity contribution in [3.05, 3.63) is 58.6 Å². The maximum Gasteiger partial charge on any atom is 0.282 e. The maximum absolute atomic E-state index is 13.3. The molecule has 1 saturated carbocycles. The number of hydrogen-bond donors (Lipinski definition) is 1. The fraction of sp³-hybridized carbons (Fsp3) is 0.304. The number of primary sulfonamides is 1. The van der Waals surface area contributed by atoms with Crippen LogP contribution < -0.4 is 5.14 Å². The zero-order valence-electron chi connectivity index (χ0n) is 17.3. The Morgan fingerprint density at radius 3 is 2.31 bits per heavy atom. The minimum Gasteiger partial charge on any atom is -0.336 e. The van der Waals surface area contributed by atoms with Crippen LogP contribution in [0, 0.1) is 5.41 Å². The van der Waals surface area contributed by atoms with Crippen molar-refractivity contribution in [1.29, 1.82) is 0 Å². The zero-order valence-corrected chi connectivity index (χ0v) is 19.6. The van der Waals surface area contributed by atoms with E-state index in [1.54, 1.807) is 24.3 Å². The van der Waals surface area contributed by atoms with Crippen molar-refractivity contribution in [2.45, 2.75) is 30.6 Å². The number of carbonyl (C=O) groups is 1. The molecule has 6 nitrogen and oxygen atoms in total. The number of likely N-dealkylation sites (tertiary alicyclic amines) is 1. The number of piperidine rings is 1. The molecule has 1 spiro atoms. The molecule has 1 amide bonds. The van der Waals surface area contributed by atoms with Crippen LogP contribution in [0.3, 0.4) is 0 Å². The summed E-state index contributed by atoms with van der Waals surface area (Å²) in [7, 11) is -3.78. The Labute approximate surface area is 196 Å². The second-order valence-electron chi connectivity index (χ2n) is 8.60. The summed E-state index contributed by atoms with van der Waals surface area (Å²) in [5.41, 5.74) is 2.62. The molecule has 2 heterocycles. The molecular formula is C23H22ClN3O3S2. The number of thiazole rings is 1. The number of carbonyl (C=O) groups excluding carboxylic acids is 1. The van der Waals surface area contributed by atoms with E-state index in [1.165, 1.54) is 42.7 Å². The van der Waals surface area contributed by atoms with Gasteiger partial charge in [-0.25, -0.2) is 18.5 Å². The summed E-state index contributed by atoms with van der Waals surface area (Å²) in [5, 5.41) is 6.29. The number of benzene rings is 2. The van der Waals surface area contributed by atoms with E-state index in [4.69, 9.17) is 21.7 Å². The Morgan fingerprint density at radius 2 is 1.69 bits per heavy atom. The number of halogens is 1. The predicted octanol–water partition coefficient (Wildman–Crippen LogP) is 4.79. The Morgan fingerprint density at radius 1 is 1.03 bits per heavy atom. The average molecular weight is 488 g/mol. The number of rotatable bonds is 4. The van der Waals surface area contributed by atoms with Crippen LogP contribution in [0.15, 0.2) is 53.4 Å². The molecule has 0 atom stereocenters. The normalized spacial score (nSPS) is 17.5. The number of hydrogen-bond acceptors (Lipinski definition) is 5. The average Bonchev–Trinajstić information content (AvgIpc) is 3.36. The molecule has 2 N–H and O–H groups in total. The minimum atomic E-state index is -3.78. The summed E-state index contributed by atoms with van der Waals surface area (Å²) in [6, 6.07) is 13.6. The SMILES string of the molecule is NS(=O)(=O)c1ccc(-c2sc(C(=O)N3CCCC4(CC4)C3)nc2-c2ccc(Cl)cc2)cc1. The van der Waals surface area contributed by atoms with Gasteiger partial charge in [0.25, 0.3) is 5.91 Å². The minimum absolute atomic E-state index is 0.0383. The smallest absolute Gasteiger partial charge is 0.282 e. The molecule has 9 heteroatoms. The van der Waals surface area contributed by atoms with Gasteiger partial charge in [-0.1, -0.05) is 35.9 Å². The van der Waals surface area contributed by atoms with E-state index in [0.29, 0.717) is 21.1 Å². The van der Waals surface area contributed by atoms with Crippen LogP contribution in [0.2, 0.25) is 5.02 Å². The van der Waals surface area contributed by atoms with Gasteiger partial charge in [-0.2, -0.15) is 0 Å². The molecule has 5 rings (SSSR count). The van der Waals surface area contributed by atoms with E-state index in [1.807, 2.05) is 17.0 Å². The molecule has 2 fully saturated rings. The molecule has 0 radical (unpaired) electrons. The van der Waals surface area contributed by atoms with Gasteiger partial charge in [0, 0.05) is 23.7 Å². The fourth-order valence-corrected chi connectivity index (χ4v) is 6.01. The molecule has 2 aromatic carbocycles. The highest BCUT2D eigenvalue weighted by Crippen LogP contribution is 2.52. The Hall–Kier alpha value is -2.26. The Bertz CT molecular complexity index is 1280. The van der Waals surface area contributed by atoms with Crippen LogP contribution in [0.25, 0.3) is 21.7 Å². The maximum atomic E-state index is 13.3. The Kier molecular flexibility index (Phi) is 5.36. The number of aromatic nitrogens is 1. The summed E-state index contributed by atoms with van der Waals surface area (Å²) < 4.78 is 23.3. The van der Waals surface area contributed by atoms with Crippen LogP contribution in [0.4, 0.5) is 0 Å². The van der Waals surface area contributed by atoms with Crippen molar-refractivity contribution in [1.82, 2.24) is 9.88 Å². The lowest BCUT2D eigenvalue weighted by atomic mass is 9.95. The second kappa shape index (κ2) is 7.95. The molecule has 166 valence electrons. The van der Waals surface area contributed by atoms with E-state index in [0.717, 1.165) is 35.5 Å². The molecule has 0 unspecified atom stereocenters. The van der Waals surface area contributed by atoms with Crippen molar-refractivity contribution in [3.63, 3.8) is 0 Å². The third-order valence-electron chi connectivity index (χ3n) is 6.28. The third kappa shape index (κ3) is 4.20. The van der Waals surface area contributed by atoms with Crippen molar-refractivity contribution in [2.24, 2.45) is 10.6 Å². The lowest BCUT2D eigenvalue weighted by Crippen LogP contribution is -2.40. The van der Waals surface area contributed by atoms with Gasteiger partial charge in [-0.05, 0) is 60.9 Å². The summed E-state index contributed by atoms with van der Waals surface area (Å²) in [6.45, 7) is 1.56. The van der Waals surface area contributed by atoms with Crippen LogP contribution in [0.1, 0.15) is 35.5 Å². The lowest BCUT2D eigenvalue weighted by molar-refractivity contribution is 0.0654. The first kappa shape index (κ1) is 21.6. The molecule has 1 aliphatic carbocycles. The highest BCUT2D eigenvalue weighted by atomic mass is 35.5. The molecule has 32 heavy (non-hydrogen) atoms. The fourth-order valence-electron chi connectivity index (χ4n) is 4.31. The van der Waals surface area contributed by atoms with E-state index in [-0.39, 0.29) is 10.8 Å². The molecule has 1 aliphatic heterocycles. The van der Waals surface area contributed by atoms with Crippen molar-refractivity contribution >= 4 is 38.9 Å². The first-order valence-electron chi connectivity index (χ1n) is 10.4. The van der Waals surface area contributed by atoms with Crippen LogP contribution >= 0.6 is 22.9 Å². The summed E-state index contributed by atoms with van der Waals surface area (Å²) in [5.74, 6) is -0.0383. The summed E-state index contributed by atoms with van der Waals surface area (Å²) >= 11 is 7.39. The van der Waals surface area contributed by atoms with Gasteiger partial charge < -0.3 is 4.90 Å². The van der Waals surface area contributed by atoms with E-state index >= 15 is 0 Å².